The van der Waals surface area contributed by atoms with E-state index >= 15 is 0 Å². The highest BCUT2D eigenvalue weighted by atomic mass is 32.2. The summed E-state index contributed by atoms with van der Waals surface area (Å²) < 4.78 is 29.1. The minimum absolute atomic E-state index is 0.0366. The summed E-state index contributed by atoms with van der Waals surface area (Å²) in [5.74, 6) is -0.422. The van der Waals surface area contributed by atoms with E-state index in [4.69, 9.17) is 4.52 Å². The number of benzene rings is 2. The first kappa shape index (κ1) is 16.1. The Hall–Kier alpha value is -2.73. The molecule has 0 saturated carbocycles. The van der Waals surface area contributed by atoms with Crippen molar-refractivity contribution in [3.8, 4) is 0 Å². The number of ketones is 1. The lowest BCUT2D eigenvalue weighted by atomic mass is 10.0. The predicted molar refractivity (Wildman–Crippen MR) is 88.7 cm³/mol. The topological polar surface area (TPSA) is 77.2 Å². The summed E-state index contributed by atoms with van der Waals surface area (Å²) in [6, 6.07) is 17.8. The third-order valence-electron chi connectivity index (χ3n) is 3.57. The summed E-state index contributed by atoms with van der Waals surface area (Å²) in [6.45, 7) is 0. The molecule has 5 nitrogen and oxygen atoms in total. The monoisotopic (exact) mass is 341 g/mol. The van der Waals surface area contributed by atoms with Gasteiger partial charge in [-0.25, -0.2) is 8.42 Å². The summed E-state index contributed by atoms with van der Waals surface area (Å²) in [7, 11) is -3.61. The molecule has 0 amide bonds. The van der Waals surface area contributed by atoms with Gasteiger partial charge in [0.1, 0.15) is 0 Å². The zero-order chi connectivity index (χ0) is 17.2. The Morgan fingerprint density at radius 1 is 1.00 bits per heavy atom. The van der Waals surface area contributed by atoms with Crippen molar-refractivity contribution in [1.82, 2.24) is 5.16 Å². The molecule has 3 aromatic rings. The zero-order valence-corrected chi connectivity index (χ0v) is 13.8. The molecule has 0 aliphatic carbocycles. The van der Waals surface area contributed by atoms with Crippen molar-refractivity contribution in [3.63, 3.8) is 0 Å². The molecule has 0 bridgehead atoms. The number of rotatable bonds is 5. The highest BCUT2D eigenvalue weighted by molar-refractivity contribution is 7.90. The van der Waals surface area contributed by atoms with Crippen LogP contribution in [0.4, 0.5) is 0 Å². The minimum Gasteiger partial charge on any atom is -0.351 e. The van der Waals surface area contributed by atoms with Crippen LogP contribution in [0.25, 0.3) is 0 Å². The van der Waals surface area contributed by atoms with Crippen LogP contribution in [0.15, 0.2) is 70.2 Å². The van der Waals surface area contributed by atoms with Crippen molar-refractivity contribution in [2.24, 2.45) is 0 Å². The third-order valence-corrected chi connectivity index (χ3v) is 4.59. The molecule has 1 aromatic heterocycles. The number of hydrogen-bond donors (Lipinski definition) is 0. The Bertz CT molecular complexity index is 961. The number of nitrogens with zero attached hydrogens (tertiary/aromatic N) is 1. The number of sulfone groups is 1. The Kier molecular flexibility index (Phi) is 4.31. The van der Waals surface area contributed by atoms with Crippen molar-refractivity contribution in [1.29, 1.82) is 0 Å². The van der Waals surface area contributed by atoms with Crippen LogP contribution in [0.2, 0.25) is 0 Å². The number of hydrogen-bond acceptors (Lipinski definition) is 5. The van der Waals surface area contributed by atoms with Crippen molar-refractivity contribution in [2.45, 2.75) is 11.4 Å². The maximum atomic E-state index is 12.7. The van der Waals surface area contributed by atoms with Gasteiger partial charge in [0.2, 0.25) is 16.6 Å². The molecule has 0 radical (unpaired) electrons. The molecule has 0 N–H and O–H groups in total. The fourth-order valence-electron chi connectivity index (χ4n) is 2.44. The molecule has 3 rings (SSSR count). The van der Waals surface area contributed by atoms with Crippen LogP contribution in [0.1, 0.15) is 27.2 Å². The molecule has 6 heteroatoms. The first-order valence-electron chi connectivity index (χ1n) is 7.29. The Labute approximate surface area is 139 Å². The van der Waals surface area contributed by atoms with Crippen LogP contribution in [0.5, 0.6) is 0 Å². The van der Waals surface area contributed by atoms with Crippen LogP contribution < -0.4 is 0 Å². The van der Waals surface area contributed by atoms with E-state index in [0.717, 1.165) is 11.8 Å². The van der Waals surface area contributed by atoms with Gasteiger partial charge < -0.3 is 4.52 Å². The van der Waals surface area contributed by atoms with Gasteiger partial charge in [-0.1, -0.05) is 65.8 Å². The lowest BCUT2D eigenvalue weighted by Gasteiger charge is -2.04. The summed E-state index contributed by atoms with van der Waals surface area (Å²) >= 11 is 0. The smallest absolute Gasteiger partial charge is 0.231 e. The van der Waals surface area contributed by atoms with Crippen LogP contribution in [0, 0.1) is 0 Å². The van der Waals surface area contributed by atoms with Crippen LogP contribution in [-0.2, 0) is 16.3 Å². The average molecular weight is 341 g/mol. The number of carbonyl (C=O) groups excluding carboxylic acids is 1. The van der Waals surface area contributed by atoms with Crippen LogP contribution in [0.3, 0.4) is 0 Å². The predicted octanol–water partition coefficient (Wildman–Crippen LogP) is 2.90. The van der Waals surface area contributed by atoms with E-state index in [-0.39, 0.29) is 28.6 Å². The Morgan fingerprint density at radius 2 is 1.58 bits per heavy atom. The lowest BCUT2D eigenvalue weighted by Crippen LogP contribution is -2.07. The molecule has 122 valence electrons. The normalized spacial score (nSPS) is 11.4. The van der Waals surface area contributed by atoms with E-state index in [0.29, 0.717) is 5.56 Å². The van der Waals surface area contributed by atoms with E-state index in [9.17, 15) is 13.2 Å². The van der Waals surface area contributed by atoms with Gasteiger partial charge in [0.15, 0.2) is 9.84 Å². The van der Waals surface area contributed by atoms with E-state index in [1.807, 2.05) is 30.3 Å². The molecule has 0 aliphatic rings. The molecule has 24 heavy (non-hydrogen) atoms. The molecule has 0 unspecified atom stereocenters. The average Bonchev–Trinajstić information content (AvgIpc) is 3.00. The summed E-state index contributed by atoms with van der Waals surface area (Å²) in [4.78, 5) is 12.7. The second kappa shape index (κ2) is 6.41. The van der Waals surface area contributed by atoms with E-state index in [1.165, 1.54) is 0 Å². The van der Waals surface area contributed by atoms with Gasteiger partial charge in [-0.2, -0.15) is 0 Å². The van der Waals surface area contributed by atoms with Gasteiger partial charge in [0.05, 0.1) is 0 Å². The van der Waals surface area contributed by atoms with Crippen molar-refractivity contribution < 1.29 is 17.7 Å². The summed E-state index contributed by atoms with van der Waals surface area (Å²) in [5, 5.41) is 3.46. The number of carbonyl (C=O) groups is 1. The second-order valence-corrected chi connectivity index (χ2v) is 7.36. The fourth-order valence-corrected chi connectivity index (χ4v) is 3.23. The highest BCUT2D eigenvalue weighted by Gasteiger charge is 2.28. The molecule has 0 atom stereocenters. The van der Waals surface area contributed by atoms with E-state index < -0.39 is 9.84 Å². The minimum atomic E-state index is -3.61. The lowest BCUT2D eigenvalue weighted by molar-refractivity contribution is 0.0999. The Balaban J connectivity index is 2.10. The maximum absolute atomic E-state index is 12.7. The molecule has 0 saturated heterocycles. The van der Waals surface area contributed by atoms with Gasteiger partial charge in [-0.05, 0) is 5.56 Å². The molecule has 1 heterocycles. The quantitative estimate of drug-likeness (QED) is 0.667. The van der Waals surface area contributed by atoms with Gasteiger partial charge in [-0.3, -0.25) is 4.79 Å². The molecule has 2 aromatic carbocycles. The largest absolute Gasteiger partial charge is 0.351 e. The van der Waals surface area contributed by atoms with Gasteiger partial charge in [0, 0.05) is 23.8 Å². The first-order chi connectivity index (χ1) is 11.5. The second-order valence-electron chi connectivity index (χ2n) is 5.43. The number of aromatic nitrogens is 1. The van der Waals surface area contributed by atoms with E-state index in [2.05, 4.69) is 5.16 Å². The molecular formula is C18H15NO4S. The maximum Gasteiger partial charge on any atom is 0.231 e. The van der Waals surface area contributed by atoms with Crippen molar-refractivity contribution in [2.75, 3.05) is 6.26 Å². The van der Waals surface area contributed by atoms with Gasteiger partial charge in [0.25, 0.3) is 0 Å². The molecular weight excluding hydrogens is 326 g/mol. The molecule has 0 aliphatic heterocycles. The molecule has 0 spiro atoms. The van der Waals surface area contributed by atoms with Crippen LogP contribution >= 0.6 is 0 Å². The van der Waals surface area contributed by atoms with Crippen molar-refractivity contribution in [3.05, 3.63) is 83.1 Å². The first-order valence-corrected chi connectivity index (χ1v) is 9.18. The standard InChI is InChI=1S/C18H15NO4S/c1-24(21,22)18-15(12-13-8-4-2-5-9-13)17(23-19-18)16(20)14-10-6-3-7-11-14/h2-11H,12H2,1H3. The zero-order valence-electron chi connectivity index (χ0n) is 13.0. The van der Waals surface area contributed by atoms with Crippen molar-refractivity contribution >= 4 is 15.6 Å². The van der Waals surface area contributed by atoms with E-state index in [1.54, 1.807) is 30.3 Å². The SMILES string of the molecule is CS(=O)(=O)c1noc(C(=O)c2ccccc2)c1Cc1ccccc1. The summed E-state index contributed by atoms with van der Waals surface area (Å²) in [6.07, 6.45) is 1.30. The fraction of sp³-hybridized carbons (Fsp3) is 0.111. The summed E-state index contributed by atoms with van der Waals surface area (Å²) in [5.41, 5.74) is 1.58. The third kappa shape index (κ3) is 3.28. The molecule has 0 fully saturated rings. The Morgan fingerprint density at radius 3 is 2.17 bits per heavy atom. The van der Waals surface area contributed by atoms with Gasteiger partial charge >= 0.3 is 0 Å². The van der Waals surface area contributed by atoms with Gasteiger partial charge in [-0.15, -0.1) is 0 Å². The highest BCUT2D eigenvalue weighted by Crippen LogP contribution is 2.25. The van der Waals surface area contributed by atoms with Crippen LogP contribution in [-0.4, -0.2) is 25.6 Å².